The molecule has 1 saturated heterocycles. The van der Waals surface area contributed by atoms with Gasteiger partial charge in [0.1, 0.15) is 11.9 Å². The van der Waals surface area contributed by atoms with Crippen LogP contribution in [0.4, 0.5) is 5.82 Å². The van der Waals surface area contributed by atoms with E-state index in [4.69, 9.17) is 9.47 Å². The average molecular weight is 315 g/mol. The lowest BCUT2D eigenvalue weighted by atomic mass is 10.1. The molecule has 3 rings (SSSR count). The second-order valence-electron chi connectivity index (χ2n) is 5.67. The SMILES string of the molecule is CN(C(=O)c1ccc(OC2CCOCC2)cc1)c1ccn(C)n1. The Morgan fingerprint density at radius 1 is 1.26 bits per heavy atom. The minimum Gasteiger partial charge on any atom is -0.490 e. The number of ether oxygens (including phenoxy) is 2. The summed E-state index contributed by atoms with van der Waals surface area (Å²) in [6.45, 7) is 1.49. The van der Waals surface area contributed by atoms with Crippen LogP contribution in [0.15, 0.2) is 36.5 Å². The highest BCUT2D eigenvalue weighted by atomic mass is 16.5. The highest BCUT2D eigenvalue weighted by Crippen LogP contribution is 2.20. The number of anilines is 1. The van der Waals surface area contributed by atoms with Crippen LogP contribution in [0.3, 0.4) is 0 Å². The zero-order valence-corrected chi connectivity index (χ0v) is 13.4. The Hall–Kier alpha value is -2.34. The molecule has 0 aliphatic carbocycles. The number of hydrogen-bond acceptors (Lipinski definition) is 4. The van der Waals surface area contributed by atoms with E-state index in [1.807, 2.05) is 25.4 Å². The Morgan fingerprint density at radius 3 is 2.57 bits per heavy atom. The van der Waals surface area contributed by atoms with E-state index in [2.05, 4.69) is 5.10 Å². The van der Waals surface area contributed by atoms with Gasteiger partial charge in [0, 0.05) is 44.8 Å². The van der Waals surface area contributed by atoms with Crippen molar-refractivity contribution in [2.24, 2.45) is 7.05 Å². The molecule has 0 saturated carbocycles. The summed E-state index contributed by atoms with van der Waals surface area (Å²) in [4.78, 5) is 14.0. The first kappa shape index (κ1) is 15.6. The molecule has 1 fully saturated rings. The fraction of sp³-hybridized carbons (Fsp3) is 0.412. The number of aromatic nitrogens is 2. The van der Waals surface area contributed by atoms with Crippen LogP contribution in [0, 0.1) is 0 Å². The van der Waals surface area contributed by atoms with Crippen molar-refractivity contribution in [3.63, 3.8) is 0 Å². The van der Waals surface area contributed by atoms with Gasteiger partial charge in [0.2, 0.25) is 0 Å². The Bertz CT molecular complexity index is 660. The number of carbonyl (C=O) groups is 1. The van der Waals surface area contributed by atoms with Crippen LogP contribution >= 0.6 is 0 Å². The van der Waals surface area contributed by atoms with Gasteiger partial charge in [-0.05, 0) is 24.3 Å². The van der Waals surface area contributed by atoms with Crippen LogP contribution in [0.5, 0.6) is 5.75 Å². The summed E-state index contributed by atoms with van der Waals surface area (Å²) in [5.74, 6) is 1.32. The smallest absolute Gasteiger partial charge is 0.259 e. The van der Waals surface area contributed by atoms with Gasteiger partial charge in [-0.25, -0.2) is 0 Å². The topological polar surface area (TPSA) is 56.6 Å². The van der Waals surface area contributed by atoms with Gasteiger partial charge in [-0.1, -0.05) is 0 Å². The van der Waals surface area contributed by atoms with E-state index in [0.717, 1.165) is 31.8 Å². The number of benzene rings is 1. The maximum atomic E-state index is 12.5. The van der Waals surface area contributed by atoms with Crippen LogP contribution in [-0.2, 0) is 11.8 Å². The van der Waals surface area contributed by atoms with Crippen molar-refractivity contribution < 1.29 is 14.3 Å². The quantitative estimate of drug-likeness (QED) is 0.868. The number of nitrogens with zero attached hydrogens (tertiary/aromatic N) is 3. The summed E-state index contributed by atoms with van der Waals surface area (Å²) in [5, 5.41) is 4.24. The lowest BCUT2D eigenvalue weighted by molar-refractivity contribution is 0.0256. The monoisotopic (exact) mass is 315 g/mol. The molecule has 0 spiro atoms. The standard InChI is InChI=1S/C17H21N3O3/c1-19-10-7-16(18-19)20(2)17(21)13-3-5-14(6-4-13)23-15-8-11-22-12-9-15/h3-7,10,15H,8-9,11-12H2,1-2H3. The molecule has 2 aromatic rings. The van der Waals surface area contributed by atoms with Crippen molar-refractivity contribution >= 4 is 11.7 Å². The van der Waals surface area contributed by atoms with E-state index >= 15 is 0 Å². The molecule has 0 N–H and O–H groups in total. The summed E-state index contributed by atoms with van der Waals surface area (Å²) in [7, 11) is 3.54. The molecule has 0 bridgehead atoms. The Morgan fingerprint density at radius 2 is 1.96 bits per heavy atom. The largest absolute Gasteiger partial charge is 0.490 e. The fourth-order valence-corrected chi connectivity index (χ4v) is 2.54. The summed E-state index contributed by atoms with van der Waals surface area (Å²) in [6, 6.07) is 9.07. The normalized spacial score (nSPS) is 15.4. The molecular formula is C17H21N3O3. The molecule has 1 aromatic heterocycles. The van der Waals surface area contributed by atoms with E-state index in [1.54, 1.807) is 29.9 Å². The predicted molar refractivity (Wildman–Crippen MR) is 86.9 cm³/mol. The van der Waals surface area contributed by atoms with Crippen molar-refractivity contribution in [3.05, 3.63) is 42.1 Å². The van der Waals surface area contributed by atoms with E-state index in [9.17, 15) is 4.79 Å². The summed E-state index contributed by atoms with van der Waals surface area (Å²) < 4.78 is 12.9. The minimum atomic E-state index is -0.0960. The van der Waals surface area contributed by atoms with Gasteiger partial charge in [0.15, 0.2) is 5.82 Å². The van der Waals surface area contributed by atoms with Crippen molar-refractivity contribution in [1.29, 1.82) is 0 Å². The van der Waals surface area contributed by atoms with Gasteiger partial charge in [-0.3, -0.25) is 14.4 Å². The maximum absolute atomic E-state index is 12.5. The predicted octanol–water partition coefficient (Wildman–Crippen LogP) is 2.25. The first-order valence-corrected chi connectivity index (χ1v) is 7.75. The molecule has 6 nitrogen and oxygen atoms in total. The van der Waals surface area contributed by atoms with Gasteiger partial charge in [0.05, 0.1) is 13.2 Å². The molecule has 0 unspecified atom stereocenters. The molecule has 0 atom stereocenters. The van der Waals surface area contributed by atoms with E-state index < -0.39 is 0 Å². The molecule has 122 valence electrons. The fourth-order valence-electron chi connectivity index (χ4n) is 2.54. The third-order valence-electron chi connectivity index (χ3n) is 3.92. The average Bonchev–Trinajstić information content (AvgIpc) is 3.02. The van der Waals surface area contributed by atoms with Crippen LogP contribution < -0.4 is 9.64 Å². The van der Waals surface area contributed by atoms with Gasteiger partial charge in [0.25, 0.3) is 5.91 Å². The number of carbonyl (C=O) groups excluding carboxylic acids is 1. The first-order valence-electron chi connectivity index (χ1n) is 7.75. The summed E-state index contributed by atoms with van der Waals surface area (Å²) in [6.07, 6.45) is 3.82. The van der Waals surface area contributed by atoms with Crippen LogP contribution in [-0.4, -0.2) is 42.1 Å². The lowest BCUT2D eigenvalue weighted by Crippen LogP contribution is -2.27. The lowest BCUT2D eigenvalue weighted by Gasteiger charge is -2.23. The zero-order valence-electron chi connectivity index (χ0n) is 13.4. The van der Waals surface area contributed by atoms with E-state index in [1.165, 1.54) is 4.90 Å². The molecule has 0 radical (unpaired) electrons. The van der Waals surface area contributed by atoms with E-state index in [0.29, 0.717) is 11.4 Å². The highest BCUT2D eigenvalue weighted by Gasteiger charge is 2.17. The second kappa shape index (κ2) is 6.83. The third kappa shape index (κ3) is 3.71. The van der Waals surface area contributed by atoms with Gasteiger partial charge < -0.3 is 9.47 Å². The highest BCUT2D eigenvalue weighted by molar-refractivity contribution is 6.05. The molecule has 1 aromatic carbocycles. The van der Waals surface area contributed by atoms with Crippen molar-refractivity contribution in [2.45, 2.75) is 18.9 Å². The molecule has 1 aliphatic rings. The van der Waals surface area contributed by atoms with Crippen molar-refractivity contribution in [1.82, 2.24) is 9.78 Å². The van der Waals surface area contributed by atoms with Gasteiger partial charge >= 0.3 is 0 Å². The molecule has 1 aliphatic heterocycles. The Balaban J connectivity index is 1.65. The van der Waals surface area contributed by atoms with Crippen LogP contribution in [0.2, 0.25) is 0 Å². The number of rotatable bonds is 4. The summed E-state index contributed by atoms with van der Waals surface area (Å²) in [5.41, 5.74) is 0.609. The second-order valence-corrected chi connectivity index (χ2v) is 5.67. The molecule has 2 heterocycles. The minimum absolute atomic E-state index is 0.0960. The number of amides is 1. The van der Waals surface area contributed by atoms with Crippen LogP contribution in [0.1, 0.15) is 23.2 Å². The first-order chi connectivity index (χ1) is 11.1. The molecule has 23 heavy (non-hydrogen) atoms. The zero-order chi connectivity index (χ0) is 16.2. The Labute approximate surface area is 135 Å². The van der Waals surface area contributed by atoms with E-state index in [-0.39, 0.29) is 12.0 Å². The molecule has 1 amide bonds. The third-order valence-corrected chi connectivity index (χ3v) is 3.92. The van der Waals surface area contributed by atoms with Gasteiger partial charge in [-0.2, -0.15) is 5.10 Å². The molecular weight excluding hydrogens is 294 g/mol. The number of aryl methyl sites for hydroxylation is 1. The maximum Gasteiger partial charge on any atom is 0.259 e. The molecule has 6 heteroatoms. The Kier molecular flexibility index (Phi) is 4.62. The summed E-state index contributed by atoms with van der Waals surface area (Å²) >= 11 is 0. The van der Waals surface area contributed by atoms with Crippen molar-refractivity contribution in [3.8, 4) is 5.75 Å². The van der Waals surface area contributed by atoms with Gasteiger partial charge in [-0.15, -0.1) is 0 Å². The van der Waals surface area contributed by atoms with Crippen LogP contribution in [0.25, 0.3) is 0 Å². The number of hydrogen-bond donors (Lipinski definition) is 0. The van der Waals surface area contributed by atoms with Crippen molar-refractivity contribution in [2.75, 3.05) is 25.2 Å².